The van der Waals surface area contributed by atoms with Crippen LogP contribution in [0.3, 0.4) is 0 Å². The maximum atomic E-state index is 12.5. The predicted octanol–water partition coefficient (Wildman–Crippen LogP) is 3.08. The fraction of sp³-hybridized carbons (Fsp3) is 0.318. The number of hydrogen-bond donors (Lipinski definition) is 1. The number of carbonyl (C=O) groups is 3. The maximum Gasteiger partial charge on any atom is 0.325 e. The van der Waals surface area contributed by atoms with Gasteiger partial charge in [-0.2, -0.15) is 0 Å². The molecule has 0 aliphatic carbocycles. The van der Waals surface area contributed by atoms with E-state index < -0.39 is 11.9 Å². The molecular formula is C22H25NO5. The van der Waals surface area contributed by atoms with Crippen molar-refractivity contribution in [2.45, 2.75) is 27.7 Å². The Morgan fingerprint density at radius 3 is 2.32 bits per heavy atom. The Hall–Kier alpha value is -3.15. The molecule has 2 aromatic rings. The summed E-state index contributed by atoms with van der Waals surface area (Å²) >= 11 is 0. The van der Waals surface area contributed by atoms with Gasteiger partial charge < -0.3 is 14.8 Å². The SMILES string of the molecule is COc1ccccc1C(=O)NCC(=O)OCC(=O)c1c(C)cc(C)c(C)c1C. The second-order valence-electron chi connectivity index (χ2n) is 6.60. The number of rotatable bonds is 7. The first-order valence-corrected chi connectivity index (χ1v) is 8.93. The van der Waals surface area contributed by atoms with E-state index >= 15 is 0 Å². The molecule has 28 heavy (non-hydrogen) atoms. The fourth-order valence-electron chi connectivity index (χ4n) is 3.06. The highest BCUT2D eigenvalue weighted by Gasteiger charge is 2.18. The number of Topliss-reactive ketones (excluding diaryl/α,β-unsaturated/α-hetero) is 1. The largest absolute Gasteiger partial charge is 0.496 e. The van der Waals surface area contributed by atoms with Crippen LogP contribution in [0, 0.1) is 27.7 Å². The van der Waals surface area contributed by atoms with Gasteiger partial charge in [-0.05, 0) is 62.1 Å². The lowest BCUT2D eigenvalue weighted by atomic mass is 9.92. The molecule has 0 fully saturated rings. The third-order valence-corrected chi connectivity index (χ3v) is 4.74. The molecule has 6 nitrogen and oxygen atoms in total. The molecule has 1 amide bonds. The molecule has 0 heterocycles. The lowest BCUT2D eigenvalue weighted by Gasteiger charge is -2.14. The predicted molar refractivity (Wildman–Crippen MR) is 106 cm³/mol. The second kappa shape index (κ2) is 9.17. The maximum absolute atomic E-state index is 12.5. The molecule has 148 valence electrons. The number of carbonyl (C=O) groups excluding carboxylic acids is 3. The van der Waals surface area contributed by atoms with Gasteiger partial charge in [0.15, 0.2) is 6.61 Å². The van der Waals surface area contributed by atoms with Crippen LogP contribution in [-0.2, 0) is 9.53 Å². The first-order valence-electron chi connectivity index (χ1n) is 8.93. The Labute approximate surface area is 164 Å². The van der Waals surface area contributed by atoms with E-state index in [1.165, 1.54) is 7.11 Å². The summed E-state index contributed by atoms with van der Waals surface area (Å²) in [6.45, 7) is 7.00. The van der Waals surface area contributed by atoms with Crippen LogP contribution >= 0.6 is 0 Å². The van der Waals surface area contributed by atoms with Crippen molar-refractivity contribution in [3.05, 3.63) is 63.7 Å². The molecule has 0 atom stereocenters. The summed E-state index contributed by atoms with van der Waals surface area (Å²) in [6.07, 6.45) is 0. The molecule has 0 unspecified atom stereocenters. The quantitative estimate of drug-likeness (QED) is 0.587. The topological polar surface area (TPSA) is 81.7 Å². The first-order chi connectivity index (χ1) is 13.3. The fourth-order valence-corrected chi connectivity index (χ4v) is 3.06. The van der Waals surface area contributed by atoms with Gasteiger partial charge in [-0.15, -0.1) is 0 Å². The lowest BCUT2D eigenvalue weighted by Crippen LogP contribution is -2.31. The number of nitrogens with one attached hydrogen (secondary N) is 1. The molecule has 0 aliphatic heterocycles. The summed E-state index contributed by atoms with van der Waals surface area (Å²) in [4.78, 5) is 36.6. The molecule has 0 aliphatic rings. The van der Waals surface area contributed by atoms with Crippen molar-refractivity contribution in [2.75, 3.05) is 20.3 Å². The van der Waals surface area contributed by atoms with Gasteiger partial charge in [0.05, 0.1) is 12.7 Å². The van der Waals surface area contributed by atoms with Crippen molar-refractivity contribution in [3.63, 3.8) is 0 Å². The van der Waals surface area contributed by atoms with Crippen LogP contribution in [0.15, 0.2) is 30.3 Å². The van der Waals surface area contributed by atoms with Gasteiger partial charge in [0.2, 0.25) is 5.78 Å². The van der Waals surface area contributed by atoms with Crippen molar-refractivity contribution in [1.82, 2.24) is 5.32 Å². The number of hydrogen-bond acceptors (Lipinski definition) is 5. The van der Waals surface area contributed by atoms with Crippen molar-refractivity contribution in [2.24, 2.45) is 0 Å². The number of para-hydroxylation sites is 1. The van der Waals surface area contributed by atoms with Crippen LogP contribution in [0.4, 0.5) is 0 Å². The summed E-state index contributed by atoms with van der Waals surface area (Å²) in [7, 11) is 1.46. The number of aryl methyl sites for hydroxylation is 2. The van der Waals surface area contributed by atoms with Gasteiger partial charge in [-0.25, -0.2) is 0 Å². The highest BCUT2D eigenvalue weighted by atomic mass is 16.5. The van der Waals surface area contributed by atoms with Crippen LogP contribution in [-0.4, -0.2) is 37.9 Å². The van der Waals surface area contributed by atoms with E-state index in [1.807, 2.05) is 33.8 Å². The van der Waals surface area contributed by atoms with Crippen LogP contribution in [0.5, 0.6) is 5.75 Å². The molecule has 1 N–H and O–H groups in total. The zero-order valence-electron chi connectivity index (χ0n) is 16.8. The molecule has 0 aromatic heterocycles. The van der Waals surface area contributed by atoms with Crippen molar-refractivity contribution < 1.29 is 23.9 Å². The van der Waals surface area contributed by atoms with Crippen molar-refractivity contribution in [3.8, 4) is 5.75 Å². The average Bonchev–Trinajstić information content (AvgIpc) is 2.68. The molecule has 0 saturated carbocycles. The summed E-state index contributed by atoms with van der Waals surface area (Å²) in [5.41, 5.74) is 4.80. The molecule has 6 heteroatoms. The van der Waals surface area contributed by atoms with E-state index in [4.69, 9.17) is 9.47 Å². The molecule has 2 rings (SSSR count). The summed E-state index contributed by atoms with van der Waals surface area (Å²) in [5, 5.41) is 2.47. The van der Waals surface area contributed by atoms with Gasteiger partial charge in [0, 0.05) is 5.56 Å². The highest BCUT2D eigenvalue weighted by Crippen LogP contribution is 2.22. The second-order valence-corrected chi connectivity index (χ2v) is 6.60. The number of benzene rings is 2. The Morgan fingerprint density at radius 2 is 1.64 bits per heavy atom. The van der Waals surface area contributed by atoms with Gasteiger partial charge in [-0.3, -0.25) is 14.4 Å². The lowest BCUT2D eigenvalue weighted by molar-refractivity contribution is -0.141. The smallest absolute Gasteiger partial charge is 0.325 e. The minimum atomic E-state index is -0.685. The van der Waals surface area contributed by atoms with Crippen molar-refractivity contribution in [1.29, 1.82) is 0 Å². The number of ether oxygens (including phenoxy) is 2. The zero-order valence-corrected chi connectivity index (χ0v) is 16.8. The Balaban J connectivity index is 1.93. The number of ketones is 1. The zero-order chi connectivity index (χ0) is 20.8. The van der Waals surface area contributed by atoms with E-state index in [0.717, 1.165) is 22.3 Å². The average molecular weight is 383 g/mol. The third kappa shape index (κ3) is 4.76. The van der Waals surface area contributed by atoms with Crippen LogP contribution < -0.4 is 10.1 Å². The van der Waals surface area contributed by atoms with Gasteiger partial charge >= 0.3 is 5.97 Å². The Bertz CT molecular complexity index is 917. The number of amides is 1. The van der Waals surface area contributed by atoms with Crippen molar-refractivity contribution >= 4 is 17.7 Å². The molecule has 2 aromatic carbocycles. The number of esters is 1. The molecular weight excluding hydrogens is 358 g/mol. The summed E-state index contributed by atoms with van der Waals surface area (Å²) in [6, 6.07) is 8.63. The minimum absolute atomic E-state index is 0.262. The summed E-state index contributed by atoms with van der Waals surface area (Å²) < 4.78 is 10.2. The first kappa shape index (κ1) is 21.2. The molecule has 0 radical (unpaired) electrons. The standard InChI is InChI=1S/C22H25NO5/c1-13-10-14(2)21(16(4)15(13)3)18(24)12-28-20(25)11-23-22(26)17-8-6-7-9-19(17)27-5/h6-10H,11-12H2,1-5H3,(H,23,26). The van der Waals surface area contributed by atoms with E-state index in [-0.39, 0.29) is 18.9 Å². The molecule has 0 spiro atoms. The molecule has 0 saturated heterocycles. The normalized spacial score (nSPS) is 10.3. The Morgan fingerprint density at radius 1 is 0.964 bits per heavy atom. The van der Waals surface area contributed by atoms with E-state index in [1.54, 1.807) is 24.3 Å². The van der Waals surface area contributed by atoms with Crippen LogP contribution in [0.1, 0.15) is 43.0 Å². The van der Waals surface area contributed by atoms with Gasteiger partial charge in [0.25, 0.3) is 5.91 Å². The number of methoxy groups -OCH3 is 1. The van der Waals surface area contributed by atoms with Gasteiger partial charge in [0.1, 0.15) is 12.3 Å². The van der Waals surface area contributed by atoms with E-state index in [0.29, 0.717) is 16.9 Å². The van der Waals surface area contributed by atoms with E-state index in [9.17, 15) is 14.4 Å². The highest BCUT2D eigenvalue weighted by molar-refractivity contribution is 6.01. The Kier molecular flexibility index (Phi) is 6.93. The minimum Gasteiger partial charge on any atom is -0.496 e. The van der Waals surface area contributed by atoms with Crippen LogP contribution in [0.25, 0.3) is 0 Å². The summed E-state index contributed by atoms with van der Waals surface area (Å²) in [5.74, 6) is -0.996. The van der Waals surface area contributed by atoms with E-state index in [2.05, 4.69) is 5.32 Å². The monoisotopic (exact) mass is 383 g/mol. The molecule has 0 bridgehead atoms. The third-order valence-electron chi connectivity index (χ3n) is 4.74. The van der Waals surface area contributed by atoms with Gasteiger partial charge in [-0.1, -0.05) is 18.2 Å². The van der Waals surface area contributed by atoms with Crippen LogP contribution in [0.2, 0.25) is 0 Å².